The monoisotopic (exact) mass is 602 g/mol. The summed E-state index contributed by atoms with van der Waals surface area (Å²) in [7, 11) is 0. The third-order valence-electron chi connectivity index (χ3n) is 7.89. The zero-order valence-corrected chi connectivity index (χ0v) is 25.3. The van der Waals surface area contributed by atoms with Crippen LogP contribution < -0.4 is 10.2 Å². The van der Waals surface area contributed by atoms with Crippen molar-refractivity contribution in [2.75, 3.05) is 11.5 Å². The van der Waals surface area contributed by atoms with Crippen LogP contribution in [0.4, 0.5) is 5.69 Å². The van der Waals surface area contributed by atoms with Crippen molar-refractivity contribution in [3.63, 3.8) is 0 Å². The molecule has 0 saturated heterocycles. The molecule has 0 bridgehead atoms. The van der Waals surface area contributed by atoms with Gasteiger partial charge in [0.1, 0.15) is 6.04 Å². The number of anilines is 1. The number of nitrogens with one attached hydrogen (secondary N) is 1. The number of rotatable bonds is 12. The van der Waals surface area contributed by atoms with E-state index in [9.17, 15) is 4.79 Å². The van der Waals surface area contributed by atoms with E-state index in [-0.39, 0.29) is 19.1 Å². The van der Waals surface area contributed by atoms with Gasteiger partial charge in [0, 0.05) is 10.4 Å². The van der Waals surface area contributed by atoms with Crippen LogP contribution in [-0.4, -0.2) is 24.5 Å². The van der Waals surface area contributed by atoms with Gasteiger partial charge in [-0.3, -0.25) is 14.9 Å². The van der Waals surface area contributed by atoms with Crippen LogP contribution in [0.15, 0.2) is 133 Å². The van der Waals surface area contributed by atoms with Gasteiger partial charge in [-0.2, -0.15) is 0 Å². The summed E-state index contributed by atoms with van der Waals surface area (Å²) in [5.41, 5.74) is 2.49. The van der Waals surface area contributed by atoms with E-state index in [0.717, 1.165) is 21.6 Å². The van der Waals surface area contributed by atoms with Gasteiger partial charge in [0.2, 0.25) is 0 Å². The summed E-state index contributed by atoms with van der Waals surface area (Å²) in [5, 5.41) is 5.57. The Kier molecular flexibility index (Phi) is 8.98. The number of amides is 1. The van der Waals surface area contributed by atoms with Gasteiger partial charge in [-0.15, -0.1) is 11.3 Å². The molecule has 0 unspecified atom stereocenters. The van der Waals surface area contributed by atoms with Crippen molar-refractivity contribution in [1.29, 1.82) is 0 Å². The number of nitrogens with zero attached hydrogens (tertiary/aromatic N) is 1. The zero-order chi connectivity index (χ0) is 30.4. The third kappa shape index (κ3) is 5.82. The minimum absolute atomic E-state index is 0.149. The number of carbonyl (C=O) groups is 2. The maximum absolute atomic E-state index is 15.0. The lowest BCUT2D eigenvalue weighted by molar-refractivity contribution is -0.169. The number of para-hydroxylation sites is 1. The van der Waals surface area contributed by atoms with E-state index in [4.69, 9.17) is 9.47 Å². The molecule has 1 N–H and O–H groups in total. The number of carbonyl (C=O) groups excluding carboxylic acids is 2. The lowest BCUT2D eigenvalue weighted by Crippen LogP contribution is -2.60. The van der Waals surface area contributed by atoms with Crippen molar-refractivity contribution in [3.8, 4) is 0 Å². The fraction of sp³-hybridized carbons (Fsp3) is 0.189. The second-order valence-corrected chi connectivity index (χ2v) is 11.6. The van der Waals surface area contributed by atoms with Gasteiger partial charge in [0.05, 0.1) is 31.5 Å². The van der Waals surface area contributed by atoms with Crippen molar-refractivity contribution in [2.45, 2.75) is 37.8 Å². The summed E-state index contributed by atoms with van der Waals surface area (Å²) >= 11 is 1.54. The Morgan fingerprint density at radius 1 is 0.818 bits per heavy atom. The van der Waals surface area contributed by atoms with Crippen LogP contribution in [0.1, 0.15) is 40.1 Å². The van der Waals surface area contributed by atoms with Crippen molar-refractivity contribution in [1.82, 2.24) is 5.32 Å². The second kappa shape index (κ2) is 13.4. The minimum Gasteiger partial charge on any atom is -0.465 e. The molecular formula is C37H34N2O4S. The fourth-order valence-electron chi connectivity index (χ4n) is 5.87. The molecular weight excluding hydrogens is 568 g/mol. The molecule has 2 heterocycles. The average Bonchev–Trinajstić information content (AvgIpc) is 3.67. The first kappa shape index (κ1) is 29.5. The molecule has 0 radical (unpaired) electrons. The quantitative estimate of drug-likeness (QED) is 0.156. The van der Waals surface area contributed by atoms with Crippen molar-refractivity contribution in [2.24, 2.45) is 0 Å². The number of benzene rings is 4. The highest BCUT2D eigenvalue weighted by molar-refractivity contribution is 7.09. The highest BCUT2D eigenvalue weighted by atomic mass is 32.1. The van der Waals surface area contributed by atoms with Crippen LogP contribution >= 0.6 is 11.3 Å². The topological polar surface area (TPSA) is 67.9 Å². The van der Waals surface area contributed by atoms with E-state index in [1.807, 2.05) is 133 Å². The van der Waals surface area contributed by atoms with E-state index in [1.54, 1.807) is 23.2 Å². The Labute approximate surface area is 261 Å². The summed E-state index contributed by atoms with van der Waals surface area (Å²) in [6.07, 6.45) is 0. The summed E-state index contributed by atoms with van der Waals surface area (Å²) < 4.78 is 12.5. The van der Waals surface area contributed by atoms with E-state index in [2.05, 4.69) is 5.32 Å². The number of thiophene rings is 1. The van der Waals surface area contributed by atoms with Gasteiger partial charge < -0.3 is 14.4 Å². The second-order valence-electron chi connectivity index (χ2n) is 10.6. The Morgan fingerprint density at radius 2 is 1.43 bits per heavy atom. The number of fused-ring (bicyclic) bond motifs is 1. The standard InChI is InChI=1S/C37H34N2O4S/c1-2-42-35(40)34(38-33(28-17-8-4-9-18-28)29-19-10-5-11-20-29)37(43-26-30-21-14-24-44-30)31-22-12-13-23-32(31)39(36(37)41)25-27-15-6-3-7-16-27/h3-24,33-34,38H,2,25-26H2,1H3/t34-,37+/m1/s1. The Morgan fingerprint density at radius 3 is 2.05 bits per heavy atom. The molecule has 222 valence electrons. The van der Waals surface area contributed by atoms with Crippen molar-refractivity contribution >= 4 is 28.9 Å². The summed E-state index contributed by atoms with van der Waals surface area (Å²) in [4.78, 5) is 31.9. The Hall–Kier alpha value is -4.56. The first-order chi connectivity index (χ1) is 21.6. The highest BCUT2D eigenvalue weighted by Crippen LogP contribution is 2.47. The minimum atomic E-state index is -1.70. The smallest absolute Gasteiger partial charge is 0.327 e. The summed E-state index contributed by atoms with van der Waals surface area (Å²) in [5.74, 6) is -0.871. The SMILES string of the molecule is CCOC(=O)[C@@H](NC(c1ccccc1)c1ccccc1)[C@]1(OCc2cccs2)C(=O)N(Cc2ccccc2)c2ccccc21. The molecule has 4 aromatic carbocycles. The lowest BCUT2D eigenvalue weighted by Gasteiger charge is -2.38. The molecule has 0 spiro atoms. The molecule has 7 heteroatoms. The molecule has 0 aliphatic carbocycles. The van der Waals surface area contributed by atoms with Crippen LogP contribution in [0.2, 0.25) is 0 Å². The maximum Gasteiger partial charge on any atom is 0.327 e. The first-order valence-electron chi connectivity index (χ1n) is 14.8. The maximum atomic E-state index is 15.0. The van der Waals surface area contributed by atoms with Gasteiger partial charge in [-0.25, -0.2) is 0 Å². The van der Waals surface area contributed by atoms with Gasteiger partial charge >= 0.3 is 5.97 Å². The van der Waals surface area contributed by atoms with Crippen molar-refractivity contribution in [3.05, 3.63) is 160 Å². The molecule has 44 heavy (non-hydrogen) atoms. The number of hydrogen-bond acceptors (Lipinski definition) is 6. The highest BCUT2D eigenvalue weighted by Gasteiger charge is 2.60. The predicted molar refractivity (Wildman–Crippen MR) is 173 cm³/mol. The number of ether oxygens (including phenoxy) is 2. The average molecular weight is 603 g/mol. The van der Waals surface area contributed by atoms with Gasteiger partial charge in [0.25, 0.3) is 5.91 Å². The van der Waals surface area contributed by atoms with Crippen LogP contribution in [0.5, 0.6) is 0 Å². The van der Waals surface area contributed by atoms with Gasteiger partial charge in [0.15, 0.2) is 5.60 Å². The van der Waals surface area contributed by atoms with Crippen LogP contribution in [0.3, 0.4) is 0 Å². The summed E-state index contributed by atoms with van der Waals surface area (Å²) in [6.45, 7) is 2.40. The molecule has 1 amide bonds. The zero-order valence-electron chi connectivity index (χ0n) is 24.5. The van der Waals surface area contributed by atoms with E-state index in [0.29, 0.717) is 17.8 Å². The number of esters is 1. The number of hydrogen-bond donors (Lipinski definition) is 1. The van der Waals surface area contributed by atoms with Crippen LogP contribution in [0.25, 0.3) is 0 Å². The normalized spacial score (nSPS) is 16.6. The van der Waals surface area contributed by atoms with Gasteiger partial charge in [-0.05, 0) is 41.1 Å². The molecule has 2 atom stereocenters. The Bertz CT molecular complexity index is 1640. The first-order valence-corrected chi connectivity index (χ1v) is 15.6. The molecule has 6 nitrogen and oxygen atoms in total. The third-order valence-corrected chi connectivity index (χ3v) is 8.74. The lowest BCUT2D eigenvalue weighted by atomic mass is 9.85. The Balaban J connectivity index is 1.52. The van der Waals surface area contributed by atoms with E-state index < -0.39 is 23.7 Å². The molecule has 1 aromatic heterocycles. The van der Waals surface area contributed by atoms with Crippen LogP contribution in [-0.2, 0) is 37.8 Å². The molecule has 1 aliphatic heterocycles. The molecule has 6 rings (SSSR count). The van der Waals surface area contributed by atoms with Gasteiger partial charge in [-0.1, -0.05) is 115 Å². The summed E-state index contributed by atoms with van der Waals surface area (Å²) in [6, 6.07) is 39.6. The molecule has 1 aliphatic rings. The largest absolute Gasteiger partial charge is 0.465 e. The van der Waals surface area contributed by atoms with E-state index in [1.165, 1.54) is 0 Å². The molecule has 0 saturated carbocycles. The molecule has 0 fully saturated rings. The fourth-order valence-corrected chi connectivity index (χ4v) is 6.49. The van der Waals surface area contributed by atoms with Crippen molar-refractivity contribution < 1.29 is 19.1 Å². The molecule has 5 aromatic rings. The predicted octanol–water partition coefficient (Wildman–Crippen LogP) is 7.02. The van der Waals surface area contributed by atoms with Crippen LogP contribution in [0, 0.1) is 0 Å². The van der Waals surface area contributed by atoms with E-state index >= 15 is 4.79 Å².